The molecule has 0 unspecified atom stereocenters. The van der Waals surface area contributed by atoms with Gasteiger partial charge in [-0.15, -0.1) is 0 Å². The highest BCUT2D eigenvalue weighted by Crippen LogP contribution is 2.22. The lowest BCUT2D eigenvalue weighted by molar-refractivity contribution is 0.295. The van der Waals surface area contributed by atoms with E-state index in [1.165, 1.54) is 30.3 Å². The molecule has 2 aromatic carbocycles. The Balaban J connectivity index is 2.13. The molecule has 1 N–H and O–H groups in total. The van der Waals surface area contributed by atoms with Crippen molar-refractivity contribution >= 4 is 11.6 Å². The van der Waals surface area contributed by atoms with Crippen LogP contribution in [-0.2, 0) is 13.2 Å². The molecule has 0 aliphatic rings. The Kier molecular flexibility index (Phi) is 5.53. The Hall–Kier alpha value is -1.65. The maximum Gasteiger partial charge on any atom is 0.129 e. The molecule has 0 radical (unpaired) electrons. The first kappa shape index (κ1) is 15.7. The van der Waals surface area contributed by atoms with E-state index in [9.17, 15) is 8.78 Å². The summed E-state index contributed by atoms with van der Waals surface area (Å²) in [6, 6.07) is 8.57. The molecular weight excluding hydrogens is 296 g/mol. The first-order valence-corrected chi connectivity index (χ1v) is 7.04. The van der Waals surface area contributed by atoms with Crippen molar-refractivity contribution in [2.24, 2.45) is 0 Å². The second-order valence-electron chi connectivity index (χ2n) is 4.56. The molecule has 2 nitrogen and oxygen atoms in total. The van der Waals surface area contributed by atoms with Gasteiger partial charge in [0.15, 0.2) is 0 Å². The topological polar surface area (TPSA) is 21.3 Å². The highest BCUT2D eigenvalue weighted by molar-refractivity contribution is 6.30. The summed E-state index contributed by atoms with van der Waals surface area (Å²) < 4.78 is 32.5. The van der Waals surface area contributed by atoms with Crippen LogP contribution in [0.1, 0.15) is 18.1 Å². The molecule has 0 saturated carbocycles. The van der Waals surface area contributed by atoms with E-state index in [0.29, 0.717) is 28.4 Å². The van der Waals surface area contributed by atoms with Crippen molar-refractivity contribution in [3.8, 4) is 5.75 Å². The van der Waals surface area contributed by atoms with E-state index in [1.54, 1.807) is 6.07 Å². The number of hydrogen-bond acceptors (Lipinski definition) is 2. The highest BCUT2D eigenvalue weighted by Gasteiger charge is 2.08. The zero-order chi connectivity index (χ0) is 15.2. The number of benzene rings is 2. The SMILES string of the molecule is CCNCc1cc(F)ccc1OCc1cc(Cl)ccc1F. The molecule has 0 amide bonds. The quantitative estimate of drug-likeness (QED) is 0.858. The summed E-state index contributed by atoms with van der Waals surface area (Å²) in [7, 11) is 0. The van der Waals surface area contributed by atoms with E-state index in [-0.39, 0.29) is 18.2 Å². The number of nitrogens with one attached hydrogen (secondary N) is 1. The van der Waals surface area contributed by atoms with Gasteiger partial charge >= 0.3 is 0 Å². The molecule has 0 fully saturated rings. The van der Waals surface area contributed by atoms with Gasteiger partial charge in [0, 0.05) is 22.7 Å². The van der Waals surface area contributed by atoms with Gasteiger partial charge in [-0.25, -0.2) is 8.78 Å². The van der Waals surface area contributed by atoms with Crippen molar-refractivity contribution in [3.63, 3.8) is 0 Å². The normalized spacial score (nSPS) is 10.7. The van der Waals surface area contributed by atoms with Crippen molar-refractivity contribution in [1.29, 1.82) is 0 Å². The Morgan fingerprint density at radius 1 is 1.10 bits per heavy atom. The van der Waals surface area contributed by atoms with Crippen LogP contribution in [0.3, 0.4) is 0 Å². The van der Waals surface area contributed by atoms with Crippen LogP contribution in [0.25, 0.3) is 0 Å². The maximum absolute atomic E-state index is 13.6. The lowest BCUT2D eigenvalue weighted by atomic mass is 10.2. The molecule has 0 atom stereocenters. The molecule has 2 rings (SSSR count). The molecule has 5 heteroatoms. The van der Waals surface area contributed by atoms with Crippen molar-refractivity contribution in [1.82, 2.24) is 5.32 Å². The van der Waals surface area contributed by atoms with Gasteiger partial charge < -0.3 is 10.1 Å². The van der Waals surface area contributed by atoms with E-state index >= 15 is 0 Å². The maximum atomic E-state index is 13.6. The van der Waals surface area contributed by atoms with E-state index in [2.05, 4.69) is 5.32 Å². The molecular formula is C16H16ClF2NO. The van der Waals surface area contributed by atoms with E-state index in [4.69, 9.17) is 16.3 Å². The summed E-state index contributed by atoms with van der Waals surface area (Å²) >= 11 is 5.84. The molecule has 0 aliphatic carbocycles. The largest absolute Gasteiger partial charge is 0.488 e. The average Bonchev–Trinajstić information content (AvgIpc) is 2.47. The summed E-state index contributed by atoms with van der Waals surface area (Å²) in [5, 5.41) is 3.56. The van der Waals surface area contributed by atoms with Crippen LogP contribution in [0.4, 0.5) is 8.78 Å². The van der Waals surface area contributed by atoms with Crippen LogP contribution in [0, 0.1) is 11.6 Å². The molecule has 0 saturated heterocycles. The van der Waals surface area contributed by atoms with Crippen LogP contribution in [0.2, 0.25) is 5.02 Å². The molecule has 0 heterocycles. The van der Waals surface area contributed by atoms with E-state index < -0.39 is 0 Å². The predicted octanol–water partition coefficient (Wildman–Crippen LogP) is 4.31. The summed E-state index contributed by atoms with van der Waals surface area (Å²) in [5.74, 6) is -0.185. The molecule has 21 heavy (non-hydrogen) atoms. The van der Waals surface area contributed by atoms with Crippen LogP contribution in [0.15, 0.2) is 36.4 Å². The van der Waals surface area contributed by atoms with Gasteiger partial charge in [0.05, 0.1) is 0 Å². The van der Waals surface area contributed by atoms with Crippen molar-refractivity contribution in [3.05, 3.63) is 64.2 Å². The van der Waals surface area contributed by atoms with E-state index in [1.807, 2.05) is 6.92 Å². The smallest absolute Gasteiger partial charge is 0.129 e. The Morgan fingerprint density at radius 2 is 1.90 bits per heavy atom. The summed E-state index contributed by atoms with van der Waals surface area (Å²) in [5.41, 5.74) is 1.06. The summed E-state index contributed by atoms with van der Waals surface area (Å²) in [6.07, 6.45) is 0. The number of hydrogen-bond donors (Lipinski definition) is 1. The second kappa shape index (κ2) is 7.38. The number of ether oxygens (including phenoxy) is 1. The molecule has 2 aromatic rings. The third-order valence-electron chi connectivity index (χ3n) is 2.98. The fourth-order valence-corrected chi connectivity index (χ4v) is 2.09. The van der Waals surface area contributed by atoms with E-state index in [0.717, 1.165) is 6.54 Å². The lowest BCUT2D eigenvalue weighted by Crippen LogP contribution is -2.13. The summed E-state index contributed by atoms with van der Waals surface area (Å²) in [6.45, 7) is 3.25. The van der Waals surface area contributed by atoms with Crippen LogP contribution < -0.4 is 10.1 Å². The molecule has 0 bridgehead atoms. The predicted molar refractivity (Wildman–Crippen MR) is 79.5 cm³/mol. The van der Waals surface area contributed by atoms with Crippen molar-refractivity contribution in [2.75, 3.05) is 6.54 Å². The van der Waals surface area contributed by atoms with Crippen LogP contribution in [-0.4, -0.2) is 6.54 Å². The zero-order valence-electron chi connectivity index (χ0n) is 11.6. The Bertz CT molecular complexity index is 619. The molecule has 0 spiro atoms. The minimum absolute atomic E-state index is 0.0388. The monoisotopic (exact) mass is 311 g/mol. The number of halogens is 3. The van der Waals surface area contributed by atoms with Gasteiger partial charge in [0.25, 0.3) is 0 Å². The van der Waals surface area contributed by atoms with Gasteiger partial charge in [0.2, 0.25) is 0 Å². The van der Waals surface area contributed by atoms with Gasteiger partial charge in [0.1, 0.15) is 24.0 Å². The minimum Gasteiger partial charge on any atom is -0.488 e. The van der Waals surface area contributed by atoms with Gasteiger partial charge in [-0.2, -0.15) is 0 Å². The van der Waals surface area contributed by atoms with Crippen LogP contribution >= 0.6 is 11.6 Å². The fourth-order valence-electron chi connectivity index (χ4n) is 1.90. The molecule has 112 valence electrons. The fraction of sp³-hybridized carbons (Fsp3) is 0.250. The highest BCUT2D eigenvalue weighted by atomic mass is 35.5. The zero-order valence-corrected chi connectivity index (χ0v) is 12.4. The standard InChI is InChI=1S/C16H16ClF2NO/c1-2-20-9-11-8-14(18)4-6-16(11)21-10-12-7-13(17)3-5-15(12)19/h3-8,20H,2,9-10H2,1H3. The molecule has 0 aliphatic heterocycles. The van der Waals surface area contributed by atoms with Gasteiger partial charge in [-0.1, -0.05) is 18.5 Å². The minimum atomic E-state index is -0.380. The van der Waals surface area contributed by atoms with Crippen LogP contribution in [0.5, 0.6) is 5.75 Å². The van der Waals surface area contributed by atoms with Crippen molar-refractivity contribution < 1.29 is 13.5 Å². The first-order valence-electron chi connectivity index (χ1n) is 6.66. The van der Waals surface area contributed by atoms with Gasteiger partial charge in [-0.3, -0.25) is 0 Å². The summed E-state index contributed by atoms with van der Waals surface area (Å²) in [4.78, 5) is 0. The number of rotatable bonds is 6. The third-order valence-corrected chi connectivity index (χ3v) is 3.21. The first-order chi connectivity index (χ1) is 10.1. The Labute approximate surface area is 127 Å². The third kappa shape index (κ3) is 4.41. The van der Waals surface area contributed by atoms with Crippen molar-refractivity contribution in [2.45, 2.75) is 20.1 Å². The lowest BCUT2D eigenvalue weighted by Gasteiger charge is -2.12. The molecule has 0 aromatic heterocycles. The second-order valence-corrected chi connectivity index (χ2v) is 4.99. The average molecular weight is 312 g/mol. The Morgan fingerprint density at radius 3 is 2.67 bits per heavy atom. The van der Waals surface area contributed by atoms with Gasteiger partial charge in [-0.05, 0) is 42.9 Å².